The van der Waals surface area contributed by atoms with Gasteiger partial charge in [-0.25, -0.2) is 0 Å². The van der Waals surface area contributed by atoms with E-state index in [0.717, 1.165) is 30.6 Å². The number of phenolic OH excluding ortho intramolecular Hbond substituents is 1. The van der Waals surface area contributed by atoms with Crippen LogP contribution >= 0.6 is 0 Å². The smallest absolute Gasteiger partial charge is 0.253 e. The summed E-state index contributed by atoms with van der Waals surface area (Å²) < 4.78 is 7.73. The number of primary amides is 1. The molecule has 0 saturated carbocycles. The van der Waals surface area contributed by atoms with E-state index in [1.54, 1.807) is 23.6 Å². The fourth-order valence-corrected chi connectivity index (χ4v) is 4.16. The molecule has 2 aromatic heterocycles. The summed E-state index contributed by atoms with van der Waals surface area (Å²) in [4.78, 5) is 17.0. The third-order valence-corrected chi connectivity index (χ3v) is 5.82. The molecular formula is C22H27N5O3. The van der Waals surface area contributed by atoms with Gasteiger partial charge >= 0.3 is 0 Å². The Labute approximate surface area is 174 Å². The van der Waals surface area contributed by atoms with Crippen molar-refractivity contribution >= 4 is 22.8 Å². The summed E-state index contributed by atoms with van der Waals surface area (Å²) in [6, 6.07) is 5.27. The van der Waals surface area contributed by atoms with Crippen molar-refractivity contribution in [1.29, 1.82) is 0 Å². The number of phenols is 1. The number of amides is 1. The van der Waals surface area contributed by atoms with Crippen molar-refractivity contribution in [2.24, 2.45) is 11.7 Å². The number of benzene rings is 1. The van der Waals surface area contributed by atoms with Crippen LogP contribution in [0.15, 0.2) is 18.2 Å². The molecule has 1 aliphatic heterocycles. The summed E-state index contributed by atoms with van der Waals surface area (Å²) in [6.45, 7) is 8.09. The topological polar surface area (TPSA) is 128 Å². The molecule has 0 bridgehead atoms. The molecule has 0 radical (unpaired) electrons. The Balaban J connectivity index is 1.93. The van der Waals surface area contributed by atoms with Gasteiger partial charge in [-0.2, -0.15) is 4.98 Å². The van der Waals surface area contributed by atoms with Crippen LogP contribution in [0.1, 0.15) is 33.5 Å². The molecule has 6 N–H and O–H groups in total. The first kappa shape index (κ1) is 20.0. The number of anilines is 1. The quantitative estimate of drug-likeness (QED) is 0.512. The minimum absolute atomic E-state index is 0.134. The third kappa shape index (κ3) is 3.23. The summed E-state index contributed by atoms with van der Waals surface area (Å²) in [5.41, 5.74) is 15.7. The maximum atomic E-state index is 12.2. The number of carbonyl (C=O) groups is 1. The van der Waals surface area contributed by atoms with Crippen molar-refractivity contribution in [2.45, 2.75) is 27.2 Å². The van der Waals surface area contributed by atoms with Gasteiger partial charge in [0.2, 0.25) is 5.88 Å². The lowest BCUT2D eigenvalue weighted by Gasteiger charge is -2.16. The number of nitrogen functional groups attached to an aromatic ring is 1. The largest absolute Gasteiger partial charge is 0.508 e. The van der Waals surface area contributed by atoms with E-state index in [9.17, 15) is 9.90 Å². The Morgan fingerprint density at radius 2 is 2.10 bits per heavy atom. The number of nitrogens with one attached hydrogen (secondary N) is 1. The molecule has 3 heterocycles. The van der Waals surface area contributed by atoms with Crippen LogP contribution in [0.5, 0.6) is 11.6 Å². The van der Waals surface area contributed by atoms with Gasteiger partial charge in [-0.15, -0.1) is 0 Å². The van der Waals surface area contributed by atoms with Gasteiger partial charge in [0.25, 0.3) is 5.91 Å². The van der Waals surface area contributed by atoms with Gasteiger partial charge in [0.15, 0.2) is 5.65 Å². The molecule has 1 saturated heterocycles. The number of aromatic hydroxyl groups is 1. The van der Waals surface area contributed by atoms with Crippen LogP contribution in [0.25, 0.3) is 16.7 Å². The number of aryl methyl sites for hydroxylation is 2. The first-order valence-corrected chi connectivity index (χ1v) is 10.0. The van der Waals surface area contributed by atoms with E-state index in [4.69, 9.17) is 21.2 Å². The van der Waals surface area contributed by atoms with E-state index >= 15 is 0 Å². The fourth-order valence-electron chi connectivity index (χ4n) is 4.16. The van der Waals surface area contributed by atoms with Gasteiger partial charge in [-0.3, -0.25) is 9.36 Å². The Hall–Kier alpha value is -3.26. The molecule has 1 fully saturated rings. The lowest BCUT2D eigenvalue weighted by molar-refractivity contribution is 0.100. The van der Waals surface area contributed by atoms with E-state index in [2.05, 4.69) is 5.32 Å². The first-order valence-electron chi connectivity index (χ1n) is 10.0. The molecular weight excluding hydrogens is 382 g/mol. The number of aromatic nitrogens is 2. The van der Waals surface area contributed by atoms with Crippen molar-refractivity contribution in [2.75, 3.05) is 25.4 Å². The summed E-state index contributed by atoms with van der Waals surface area (Å²) in [5, 5.41) is 14.2. The molecule has 1 aromatic carbocycles. The van der Waals surface area contributed by atoms with Crippen molar-refractivity contribution in [3.63, 3.8) is 0 Å². The zero-order valence-corrected chi connectivity index (χ0v) is 17.5. The number of ether oxygens (including phenoxy) is 1. The highest BCUT2D eigenvalue weighted by Gasteiger charge is 2.25. The van der Waals surface area contributed by atoms with Crippen molar-refractivity contribution in [3.05, 3.63) is 40.5 Å². The van der Waals surface area contributed by atoms with Gasteiger partial charge in [-0.05, 0) is 51.4 Å². The SMILES string of the molecule is Cc1cc2c(C(N)=O)c(N)n(-c3c(C)ccc(O)c3C)c2nc1OC[C@H]1CCNC1. The van der Waals surface area contributed by atoms with E-state index in [-0.39, 0.29) is 17.1 Å². The molecule has 4 rings (SSSR count). The zero-order valence-electron chi connectivity index (χ0n) is 17.5. The number of pyridine rings is 1. The maximum absolute atomic E-state index is 12.2. The number of carbonyl (C=O) groups excluding carboxylic acids is 1. The summed E-state index contributed by atoms with van der Waals surface area (Å²) in [6.07, 6.45) is 1.07. The van der Waals surface area contributed by atoms with Gasteiger partial charge in [0, 0.05) is 29.0 Å². The second kappa shape index (κ2) is 7.53. The molecule has 0 spiro atoms. The van der Waals surface area contributed by atoms with Gasteiger partial charge in [0.1, 0.15) is 11.6 Å². The maximum Gasteiger partial charge on any atom is 0.253 e. The van der Waals surface area contributed by atoms with Crippen LogP contribution < -0.4 is 21.5 Å². The number of nitrogens with two attached hydrogens (primary N) is 2. The highest BCUT2D eigenvalue weighted by Crippen LogP contribution is 2.37. The van der Waals surface area contributed by atoms with Crippen LogP contribution in [0.3, 0.4) is 0 Å². The normalized spacial score (nSPS) is 16.3. The van der Waals surface area contributed by atoms with Gasteiger partial charge < -0.3 is 26.6 Å². The first-order chi connectivity index (χ1) is 14.3. The molecule has 0 aliphatic carbocycles. The lowest BCUT2D eigenvalue weighted by Crippen LogP contribution is -2.16. The molecule has 1 atom stereocenters. The van der Waals surface area contributed by atoms with Crippen molar-refractivity contribution in [1.82, 2.24) is 14.9 Å². The Bertz CT molecular complexity index is 1150. The minimum Gasteiger partial charge on any atom is -0.508 e. The Kier molecular flexibility index (Phi) is 5.03. The second-order valence-electron chi connectivity index (χ2n) is 7.99. The number of hydrogen-bond donors (Lipinski definition) is 4. The zero-order chi connectivity index (χ0) is 21.6. The summed E-state index contributed by atoms with van der Waals surface area (Å²) in [7, 11) is 0. The number of nitrogens with zero attached hydrogens (tertiary/aromatic N) is 2. The number of rotatable bonds is 5. The predicted octanol–water partition coefficient (Wildman–Crippen LogP) is 2.33. The minimum atomic E-state index is -0.626. The standard InChI is InChI=1S/C22H27N5O3/c1-11-4-5-16(28)13(3)18(11)27-19(23)17(20(24)29)15-8-12(2)22(26-21(15)27)30-10-14-6-7-25-9-14/h4-5,8,14,25,28H,6-7,9-10,23H2,1-3H3,(H2,24,29)/t14-/m0/s1. The van der Waals surface area contributed by atoms with Crippen LogP contribution in [0, 0.1) is 26.7 Å². The molecule has 8 heteroatoms. The third-order valence-electron chi connectivity index (χ3n) is 5.82. The predicted molar refractivity (Wildman–Crippen MR) is 116 cm³/mol. The molecule has 0 unspecified atom stereocenters. The van der Waals surface area contributed by atoms with Crippen LogP contribution in [-0.2, 0) is 0 Å². The number of fused-ring (bicyclic) bond motifs is 1. The van der Waals surface area contributed by atoms with Crippen LogP contribution in [0.4, 0.5) is 5.82 Å². The summed E-state index contributed by atoms with van der Waals surface area (Å²) in [5.74, 6) is 0.641. The van der Waals surface area contributed by atoms with Crippen molar-refractivity contribution < 1.29 is 14.6 Å². The van der Waals surface area contributed by atoms with E-state index < -0.39 is 5.91 Å². The Morgan fingerprint density at radius 1 is 1.33 bits per heavy atom. The van der Waals surface area contributed by atoms with Crippen molar-refractivity contribution in [3.8, 4) is 17.3 Å². The molecule has 30 heavy (non-hydrogen) atoms. The fraction of sp³-hybridized carbons (Fsp3) is 0.364. The summed E-state index contributed by atoms with van der Waals surface area (Å²) >= 11 is 0. The molecule has 8 nitrogen and oxygen atoms in total. The number of hydrogen-bond acceptors (Lipinski definition) is 6. The second-order valence-corrected chi connectivity index (χ2v) is 7.99. The molecule has 158 valence electrons. The molecule has 1 aliphatic rings. The monoisotopic (exact) mass is 409 g/mol. The molecule has 1 amide bonds. The lowest BCUT2D eigenvalue weighted by atomic mass is 10.1. The average Bonchev–Trinajstić information content (AvgIpc) is 3.30. The highest BCUT2D eigenvalue weighted by molar-refractivity contribution is 6.11. The van der Waals surface area contributed by atoms with Gasteiger partial charge in [0.05, 0.1) is 17.9 Å². The highest BCUT2D eigenvalue weighted by atomic mass is 16.5. The molecule has 3 aromatic rings. The van der Waals surface area contributed by atoms with Crippen LogP contribution in [-0.4, -0.2) is 40.3 Å². The average molecular weight is 409 g/mol. The van der Waals surface area contributed by atoms with Crippen LogP contribution in [0.2, 0.25) is 0 Å². The van der Waals surface area contributed by atoms with E-state index in [1.165, 1.54) is 0 Å². The van der Waals surface area contributed by atoms with E-state index in [0.29, 0.717) is 40.7 Å². The van der Waals surface area contributed by atoms with E-state index in [1.807, 2.05) is 19.9 Å². The Morgan fingerprint density at radius 3 is 2.77 bits per heavy atom. The van der Waals surface area contributed by atoms with Gasteiger partial charge in [-0.1, -0.05) is 6.07 Å².